The molecule has 0 aliphatic rings. The van der Waals surface area contributed by atoms with Crippen LogP contribution in [0.25, 0.3) is 0 Å². The first kappa shape index (κ1) is 12.3. The van der Waals surface area contributed by atoms with Crippen molar-refractivity contribution in [1.82, 2.24) is 5.32 Å². The van der Waals surface area contributed by atoms with Gasteiger partial charge in [0, 0.05) is 10.7 Å². The van der Waals surface area contributed by atoms with Crippen molar-refractivity contribution < 1.29 is 14.3 Å². The molecule has 1 amide bonds. The van der Waals surface area contributed by atoms with Crippen LogP contribution in [0.3, 0.4) is 0 Å². The molecule has 0 heterocycles. The van der Waals surface area contributed by atoms with Crippen molar-refractivity contribution in [1.29, 1.82) is 0 Å². The lowest BCUT2D eigenvalue weighted by atomic mass is 10.1. The number of nitrogen functional groups attached to an aromatic ring is 1. The van der Waals surface area contributed by atoms with Crippen molar-refractivity contribution in [2.75, 3.05) is 19.4 Å². The number of hydrogen-bond donors (Lipinski definition) is 2. The van der Waals surface area contributed by atoms with Crippen molar-refractivity contribution in [3.63, 3.8) is 0 Å². The number of anilines is 1. The van der Waals surface area contributed by atoms with Gasteiger partial charge in [0.1, 0.15) is 6.54 Å². The molecule has 0 saturated carbocycles. The number of rotatable bonds is 3. The van der Waals surface area contributed by atoms with Gasteiger partial charge in [-0.15, -0.1) is 0 Å². The fourth-order valence-electron chi connectivity index (χ4n) is 1.06. The Bertz CT molecular complexity index is 421. The molecule has 1 aromatic carbocycles. The number of halogens is 1. The Balaban J connectivity index is 2.70. The fraction of sp³-hybridized carbons (Fsp3) is 0.200. The largest absolute Gasteiger partial charge is 0.468 e. The van der Waals surface area contributed by atoms with E-state index in [1.807, 2.05) is 0 Å². The number of nitrogens with two attached hydrogens (primary N) is 1. The van der Waals surface area contributed by atoms with Gasteiger partial charge in [-0.3, -0.25) is 9.59 Å². The molecular weight excluding hydrogens is 232 g/mol. The van der Waals surface area contributed by atoms with Crippen molar-refractivity contribution >= 4 is 29.2 Å². The van der Waals surface area contributed by atoms with Crippen LogP contribution in [0.15, 0.2) is 18.2 Å². The summed E-state index contributed by atoms with van der Waals surface area (Å²) in [7, 11) is 1.24. The van der Waals surface area contributed by atoms with Gasteiger partial charge in [0.2, 0.25) is 0 Å². The summed E-state index contributed by atoms with van der Waals surface area (Å²) in [4.78, 5) is 22.4. The average molecular weight is 243 g/mol. The third kappa shape index (κ3) is 3.13. The SMILES string of the molecule is COC(=O)CNC(=O)c1ccc(Cl)cc1N. The molecule has 0 aliphatic heterocycles. The number of carbonyl (C=O) groups is 2. The number of methoxy groups -OCH3 is 1. The normalized spacial score (nSPS) is 9.62. The second kappa shape index (κ2) is 5.37. The second-order valence-corrected chi connectivity index (χ2v) is 3.43. The number of amides is 1. The number of esters is 1. The fourth-order valence-corrected chi connectivity index (χ4v) is 1.24. The maximum atomic E-state index is 11.6. The summed E-state index contributed by atoms with van der Waals surface area (Å²) in [6.07, 6.45) is 0. The van der Waals surface area contributed by atoms with E-state index in [2.05, 4.69) is 10.1 Å². The Kier molecular flexibility index (Phi) is 4.13. The highest BCUT2D eigenvalue weighted by Gasteiger charge is 2.11. The van der Waals surface area contributed by atoms with Crippen LogP contribution in [-0.4, -0.2) is 25.5 Å². The Morgan fingerprint density at radius 3 is 2.75 bits per heavy atom. The Morgan fingerprint density at radius 2 is 2.19 bits per heavy atom. The van der Waals surface area contributed by atoms with Gasteiger partial charge in [-0.1, -0.05) is 11.6 Å². The molecule has 16 heavy (non-hydrogen) atoms. The number of ether oxygens (including phenoxy) is 1. The summed E-state index contributed by atoms with van der Waals surface area (Å²) >= 11 is 5.69. The number of carbonyl (C=O) groups excluding carboxylic acids is 2. The molecule has 3 N–H and O–H groups in total. The van der Waals surface area contributed by atoms with Crippen LogP contribution in [0, 0.1) is 0 Å². The molecule has 0 aromatic heterocycles. The first-order chi connectivity index (χ1) is 7.54. The number of nitrogens with one attached hydrogen (secondary N) is 1. The maximum Gasteiger partial charge on any atom is 0.325 e. The van der Waals surface area contributed by atoms with Gasteiger partial charge >= 0.3 is 5.97 Å². The van der Waals surface area contributed by atoms with Gasteiger partial charge in [-0.25, -0.2) is 0 Å². The zero-order valence-electron chi connectivity index (χ0n) is 8.62. The molecular formula is C10H11ClN2O3. The molecule has 86 valence electrons. The molecule has 0 unspecified atom stereocenters. The third-order valence-corrected chi connectivity index (χ3v) is 2.11. The predicted octanol–water partition coefficient (Wildman–Crippen LogP) is 0.825. The van der Waals surface area contributed by atoms with Crippen LogP contribution in [0.5, 0.6) is 0 Å². The minimum Gasteiger partial charge on any atom is -0.468 e. The average Bonchev–Trinajstić information content (AvgIpc) is 2.25. The second-order valence-electron chi connectivity index (χ2n) is 2.99. The highest BCUT2D eigenvalue weighted by atomic mass is 35.5. The molecule has 0 bridgehead atoms. The Labute approximate surface area is 97.5 Å². The number of hydrogen-bond acceptors (Lipinski definition) is 4. The topological polar surface area (TPSA) is 81.4 Å². The van der Waals surface area contributed by atoms with Crippen LogP contribution in [0.2, 0.25) is 5.02 Å². The van der Waals surface area contributed by atoms with Crippen LogP contribution in [-0.2, 0) is 9.53 Å². The standard InChI is InChI=1S/C10H11ClN2O3/c1-16-9(14)5-13-10(15)7-3-2-6(11)4-8(7)12/h2-4H,5,12H2,1H3,(H,13,15). The summed E-state index contributed by atoms with van der Waals surface area (Å²) in [5, 5.41) is 2.82. The zero-order chi connectivity index (χ0) is 12.1. The Morgan fingerprint density at radius 1 is 1.50 bits per heavy atom. The van der Waals surface area contributed by atoms with Gasteiger partial charge in [0.05, 0.1) is 12.7 Å². The molecule has 0 atom stereocenters. The van der Waals surface area contributed by atoms with Crippen LogP contribution in [0.1, 0.15) is 10.4 Å². The van der Waals surface area contributed by atoms with E-state index in [1.165, 1.54) is 19.2 Å². The van der Waals surface area contributed by atoms with E-state index in [-0.39, 0.29) is 17.8 Å². The monoisotopic (exact) mass is 242 g/mol. The molecule has 0 fully saturated rings. The molecule has 1 rings (SSSR count). The van der Waals surface area contributed by atoms with E-state index >= 15 is 0 Å². The van der Waals surface area contributed by atoms with E-state index in [4.69, 9.17) is 17.3 Å². The van der Waals surface area contributed by atoms with Crippen molar-refractivity contribution in [3.8, 4) is 0 Å². The summed E-state index contributed by atoms with van der Waals surface area (Å²) in [5.41, 5.74) is 6.13. The van der Waals surface area contributed by atoms with Gasteiger partial charge < -0.3 is 15.8 Å². The maximum absolute atomic E-state index is 11.6. The van der Waals surface area contributed by atoms with Crippen molar-refractivity contribution in [3.05, 3.63) is 28.8 Å². The van der Waals surface area contributed by atoms with E-state index in [0.29, 0.717) is 5.02 Å². The van der Waals surface area contributed by atoms with Gasteiger partial charge in [-0.2, -0.15) is 0 Å². The highest BCUT2D eigenvalue weighted by Crippen LogP contribution is 2.17. The lowest BCUT2D eigenvalue weighted by Crippen LogP contribution is -2.30. The zero-order valence-corrected chi connectivity index (χ0v) is 9.38. The molecule has 6 heteroatoms. The molecule has 0 spiro atoms. The molecule has 1 aromatic rings. The lowest BCUT2D eigenvalue weighted by Gasteiger charge is -2.06. The van der Waals surface area contributed by atoms with Gasteiger partial charge in [0.25, 0.3) is 5.91 Å². The minimum atomic E-state index is -0.527. The molecule has 0 radical (unpaired) electrons. The molecule has 5 nitrogen and oxygen atoms in total. The van der Waals surface area contributed by atoms with Crippen molar-refractivity contribution in [2.45, 2.75) is 0 Å². The van der Waals surface area contributed by atoms with Gasteiger partial charge in [-0.05, 0) is 18.2 Å². The van der Waals surface area contributed by atoms with Crippen molar-refractivity contribution in [2.24, 2.45) is 0 Å². The summed E-state index contributed by atoms with van der Waals surface area (Å²) in [6, 6.07) is 4.50. The van der Waals surface area contributed by atoms with E-state index in [0.717, 1.165) is 0 Å². The van der Waals surface area contributed by atoms with E-state index < -0.39 is 11.9 Å². The van der Waals surface area contributed by atoms with E-state index in [1.54, 1.807) is 6.07 Å². The third-order valence-electron chi connectivity index (χ3n) is 1.88. The number of benzene rings is 1. The van der Waals surface area contributed by atoms with Crippen LogP contribution in [0.4, 0.5) is 5.69 Å². The first-order valence-electron chi connectivity index (χ1n) is 4.44. The lowest BCUT2D eigenvalue weighted by molar-refractivity contribution is -0.139. The summed E-state index contributed by atoms with van der Waals surface area (Å²) < 4.78 is 4.38. The quantitative estimate of drug-likeness (QED) is 0.608. The van der Waals surface area contributed by atoms with Crippen LogP contribution >= 0.6 is 11.6 Å². The van der Waals surface area contributed by atoms with E-state index in [9.17, 15) is 9.59 Å². The minimum absolute atomic E-state index is 0.197. The highest BCUT2D eigenvalue weighted by molar-refractivity contribution is 6.31. The first-order valence-corrected chi connectivity index (χ1v) is 4.82. The molecule has 0 aliphatic carbocycles. The Hall–Kier alpha value is -1.75. The summed E-state index contributed by atoms with van der Waals surface area (Å²) in [5.74, 6) is -0.972. The smallest absolute Gasteiger partial charge is 0.325 e. The predicted molar refractivity (Wildman–Crippen MR) is 60.2 cm³/mol. The van der Waals surface area contributed by atoms with Crippen LogP contribution < -0.4 is 11.1 Å². The molecule has 0 saturated heterocycles. The summed E-state index contributed by atoms with van der Waals surface area (Å²) in [6.45, 7) is -0.197. The van der Waals surface area contributed by atoms with Gasteiger partial charge in [0.15, 0.2) is 0 Å².